The lowest BCUT2D eigenvalue weighted by atomic mass is 10.0. The largest absolute Gasteiger partial charge is 0.321 e. The molecule has 2 nitrogen and oxygen atoms in total. The van der Waals surface area contributed by atoms with Gasteiger partial charge in [0.25, 0.3) is 0 Å². The first-order chi connectivity index (χ1) is 8.05. The van der Waals surface area contributed by atoms with Crippen LogP contribution >= 0.6 is 23.1 Å². The second-order valence-electron chi connectivity index (χ2n) is 5.41. The van der Waals surface area contributed by atoms with Gasteiger partial charge in [-0.3, -0.25) is 0 Å². The van der Waals surface area contributed by atoms with E-state index < -0.39 is 0 Å². The van der Waals surface area contributed by atoms with E-state index in [1.54, 1.807) is 11.3 Å². The Hall–Kier alpha value is -0.0600. The van der Waals surface area contributed by atoms with E-state index in [1.165, 1.54) is 42.0 Å². The maximum absolute atomic E-state index is 6.07. The topological polar surface area (TPSA) is 38.9 Å². The summed E-state index contributed by atoms with van der Waals surface area (Å²) in [4.78, 5) is 5.68. The van der Waals surface area contributed by atoms with Crippen LogP contribution < -0.4 is 5.73 Å². The van der Waals surface area contributed by atoms with Gasteiger partial charge in [-0.25, -0.2) is 4.98 Å². The third kappa shape index (κ3) is 3.97. The van der Waals surface area contributed by atoms with Gasteiger partial charge >= 0.3 is 0 Å². The fourth-order valence-electron chi connectivity index (χ4n) is 2.10. The molecule has 0 aromatic carbocycles. The Bertz CT molecular complexity index is 349. The van der Waals surface area contributed by atoms with E-state index in [0.717, 1.165) is 11.0 Å². The van der Waals surface area contributed by atoms with Gasteiger partial charge in [-0.2, -0.15) is 11.8 Å². The predicted octanol–water partition coefficient (Wildman–Crippen LogP) is 3.90. The first-order valence-corrected chi connectivity index (χ1v) is 8.28. The summed E-state index contributed by atoms with van der Waals surface area (Å²) in [6.45, 7) is 4.08. The SMILES string of the molecule is CC(C)(N)c1cnc(CSC2CCCCC2)s1. The molecule has 96 valence electrons. The van der Waals surface area contributed by atoms with Crippen LogP contribution in [-0.4, -0.2) is 10.2 Å². The molecule has 1 fully saturated rings. The number of hydrogen-bond acceptors (Lipinski definition) is 4. The third-order valence-electron chi connectivity index (χ3n) is 3.18. The number of thiazole rings is 1. The van der Waals surface area contributed by atoms with Gasteiger partial charge in [-0.05, 0) is 26.7 Å². The molecule has 1 saturated carbocycles. The second kappa shape index (κ2) is 5.72. The minimum absolute atomic E-state index is 0.245. The van der Waals surface area contributed by atoms with Gasteiger partial charge in [-0.15, -0.1) is 11.3 Å². The molecule has 1 aromatic heterocycles. The van der Waals surface area contributed by atoms with Gasteiger partial charge in [-0.1, -0.05) is 19.3 Å². The van der Waals surface area contributed by atoms with Crippen LogP contribution in [0.15, 0.2) is 6.20 Å². The van der Waals surface area contributed by atoms with Crippen molar-refractivity contribution in [2.45, 2.75) is 62.5 Å². The molecule has 1 aliphatic rings. The molecule has 0 amide bonds. The normalized spacial score (nSPS) is 18.5. The van der Waals surface area contributed by atoms with Gasteiger partial charge in [0.15, 0.2) is 0 Å². The van der Waals surface area contributed by atoms with E-state index in [0.29, 0.717) is 0 Å². The molecule has 0 saturated heterocycles. The van der Waals surface area contributed by atoms with Gasteiger partial charge in [0, 0.05) is 27.6 Å². The average Bonchev–Trinajstić information content (AvgIpc) is 2.76. The number of hydrogen-bond donors (Lipinski definition) is 1. The van der Waals surface area contributed by atoms with Crippen molar-refractivity contribution in [2.75, 3.05) is 0 Å². The lowest BCUT2D eigenvalue weighted by Gasteiger charge is -2.20. The lowest BCUT2D eigenvalue weighted by molar-refractivity contribution is 0.516. The van der Waals surface area contributed by atoms with Crippen molar-refractivity contribution in [1.82, 2.24) is 4.98 Å². The number of nitrogens with zero attached hydrogens (tertiary/aromatic N) is 1. The quantitative estimate of drug-likeness (QED) is 0.901. The van der Waals surface area contributed by atoms with Crippen molar-refractivity contribution in [1.29, 1.82) is 0 Å². The molecule has 0 bridgehead atoms. The standard InChI is InChI=1S/C13H22N2S2/c1-13(2,14)11-8-15-12(17-11)9-16-10-6-4-3-5-7-10/h8,10H,3-7,9,14H2,1-2H3. The van der Waals surface area contributed by atoms with E-state index in [1.807, 2.05) is 20.0 Å². The van der Waals surface area contributed by atoms with Crippen molar-refractivity contribution >= 4 is 23.1 Å². The van der Waals surface area contributed by atoms with E-state index >= 15 is 0 Å². The summed E-state index contributed by atoms with van der Waals surface area (Å²) in [6, 6.07) is 0. The van der Waals surface area contributed by atoms with Gasteiger partial charge in [0.2, 0.25) is 0 Å². The molecule has 0 atom stereocenters. The lowest BCUT2D eigenvalue weighted by Crippen LogP contribution is -2.27. The first kappa shape index (κ1) is 13.4. The Morgan fingerprint density at radius 1 is 1.41 bits per heavy atom. The number of aromatic nitrogens is 1. The van der Waals surface area contributed by atoms with E-state index in [2.05, 4.69) is 16.7 Å². The van der Waals surface area contributed by atoms with Crippen molar-refractivity contribution in [3.63, 3.8) is 0 Å². The minimum Gasteiger partial charge on any atom is -0.321 e. The van der Waals surface area contributed by atoms with Crippen LogP contribution in [0.4, 0.5) is 0 Å². The molecule has 1 heterocycles. The number of nitrogens with two attached hydrogens (primary N) is 1. The summed E-state index contributed by atoms with van der Waals surface area (Å²) in [5.41, 5.74) is 5.83. The summed E-state index contributed by atoms with van der Waals surface area (Å²) in [7, 11) is 0. The molecule has 0 unspecified atom stereocenters. The van der Waals surface area contributed by atoms with Crippen LogP contribution in [0, 0.1) is 0 Å². The second-order valence-corrected chi connectivity index (χ2v) is 7.81. The number of rotatable bonds is 4. The van der Waals surface area contributed by atoms with Crippen LogP contribution in [0.5, 0.6) is 0 Å². The maximum Gasteiger partial charge on any atom is 0.103 e. The monoisotopic (exact) mass is 270 g/mol. The van der Waals surface area contributed by atoms with Crippen LogP contribution in [-0.2, 0) is 11.3 Å². The fraction of sp³-hybridized carbons (Fsp3) is 0.769. The molecule has 0 aliphatic heterocycles. The molecule has 0 spiro atoms. The highest BCUT2D eigenvalue weighted by Crippen LogP contribution is 2.32. The smallest absolute Gasteiger partial charge is 0.103 e. The van der Waals surface area contributed by atoms with Gasteiger partial charge in [0.1, 0.15) is 5.01 Å². The zero-order valence-corrected chi connectivity index (χ0v) is 12.4. The first-order valence-electron chi connectivity index (χ1n) is 6.41. The number of thioether (sulfide) groups is 1. The molecule has 2 N–H and O–H groups in total. The highest BCUT2D eigenvalue weighted by atomic mass is 32.2. The Labute approximate surface area is 112 Å². The molecule has 2 rings (SSSR count). The zero-order valence-electron chi connectivity index (χ0n) is 10.7. The molecule has 0 radical (unpaired) electrons. The molecular weight excluding hydrogens is 248 g/mol. The summed E-state index contributed by atoms with van der Waals surface area (Å²) >= 11 is 3.85. The average molecular weight is 270 g/mol. The van der Waals surface area contributed by atoms with Crippen molar-refractivity contribution in [3.05, 3.63) is 16.1 Å². The maximum atomic E-state index is 6.07. The summed E-state index contributed by atoms with van der Waals surface area (Å²) < 4.78 is 0. The van der Waals surface area contributed by atoms with E-state index in [-0.39, 0.29) is 5.54 Å². The van der Waals surface area contributed by atoms with Crippen LogP contribution in [0.2, 0.25) is 0 Å². The molecule has 1 aromatic rings. The highest BCUT2D eigenvalue weighted by molar-refractivity contribution is 7.99. The molecular formula is C13H22N2S2. The molecule has 17 heavy (non-hydrogen) atoms. The Kier molecular flexibility index (Phi) is 4.50. The van der Waals surface area contributed by atoms with Crippen LogP contribution in [0.3, 0.4) is 0 Å². The predicted molar refractivity (Wildman–Crippen MR) is 77.5 cm³/mol. The summed E-state index contributed by atoms with van der Waals surface area (Å²) in [5, 5.41) is 2.09. The third-order valence-corrected chi connectivity index (χ3v) is 6.09. The van der Waals surface area contributed by atoms with Crippen molar-refractivity contribution < 1.29 is 0 Å². The Morgan fingerprint density at radius 3 is 2.71 bits per heavy atom. The van der Waals surface area contributed by atoms with Gasteiger partial charge in [0.05, 0.1) is 0 Å². The Morgan fingerprint density at radius 2 is 2.12 bits per heavy atom. The van der Waals surface area contributed by atoms with Crippen molar-refractivity contribution in [2.24, 2.45) is 5.73 Å². The molecule has 4 heteroatoms. The zero-order chi connectivity index (χ0) is 12.3. The van der Waals surface area contributed by atoms with Crippen molar-refractivity contribution in [3.8, 4) is 0 Å². The summed E-state index contributed by atoms with van der Waals surface area (Å²) in [5.74, 6) is 1.06. The van der Waals surface area contributed by atoms with E-state index in [4.69, 9.17) is 5.73 Å². The fourth-order valence-corrected chi connectivity index (χ4v) is 4.38. The molecule has 1 aliphatic carbocycles. The Balaban J connectivity index is 1.84. The highest BCUT2D eigenvalue weighted by Gasteiger charge is 2.19. The minimum atomic E-state index is -0.245. The van der Waals surface area contributed by atoms with Crippen LogP contribution in [0.25, 0.3) is 0 Å². The van der Waals surface area contributed by atoms with E-state index in [9.17, 15) is 0 Å². The van der Waals surface area contributed by atoms with Gasteiger partial charge < -0.3 is 5.73 Å². The van der Waals surface area contributed by atoms with Crippen LogP contribution in [0.1, 0.15) is 55.8 Å². The summed E-state index contributed by atoms with van der Waals surface area (Å²) in [6.07, 6.45) is 8.99.